The third kappa shape index (κ3) is 4.14. The molecule has 12 heteroatoms. The van der Waals surface area contributed by atoms with Crippen molar-refractivity contribution in [1.29, 1.82) is 0 Å². The van der Waals surface area contributed by atoms with Crippen molar-refractivity contribution in [3.8, 4) is 16.8 Å². The maximum absolute atomic E-state index is 12.5. The van der Waals surface area contributed by atoms with Crippen molar-refractivity contribution < 1.29 is 18.4 Å². The van der Waals surface area contributed by atoms with Crippen LogP contribution in [0.2, 0.25) is 0 Å². The smallest absolute Gasteiger partial charge is 0.264 e. The van der Waals surface area contributed by atoms with Gasteiger partial charge in [-0.3, -0.25) is 14.8 Å². The first-order valence-electron chi connectivity index (χ1n) is 8.84. The summed E-state index contributed by atoms with van der Waals surface area (Å²) >= 11 is 0. The maximum Gasteiger partial charge on any atom is 0.264 e. The molecule has 0 aliphatic carbocycles. The molecule has 3 rings (SSSR count). The first-order valence-corrected chi connectivity index (χ1v) is 10.7. The van der Waals surface area contributed by atoms with Crippen LogP contribution in [0.5, 0.6) is 0 Å². The van der Waals surface area contributed by atoms with Crippen molar-refractivity contribution in [3.05, 3.63) is 59.3 Å². The topological polar surface area (TPSA) is 149 Å². The van der Waals surface area contributed by atoms with Gasteiger partial charge < -0.3 is 4.57 Å². The molecule has 30 heavy (non-hydrogen) atoms. The zero-order valence-corrected chi connectivity index (χ0v) is 17.1. The second-order valence-corrected chi connectivity index (χ2v) is 9.39. The first kappa shape index (κ1) is 21.3. The van der Waals surface area contributed by atoms with E-state index in [1.807, 2.05) is 24.3 Å². The first-order chi connectivity index (χ1) is 14.2. The highest BCUT2D eigenvalue weighted by molar-refractivity contribution is 7.92. The summed E-state index contributed by atoms with van der Waals surface area (Å²) in [6.07, 6.45) is 3.73. The molecule has 1 aromatic carbocycles. The molecule has 1 atom stereocenters. The van der Waals surface area contributed by atoms with E-state index in [2.05, 4.69) is 15.5 Å². The number of carbonyl (C=O) groups excluding carboxylic acids is 1. The molecule has 2 N–H and O–H groups in total. The van der Waals surface area contributed by atoms with E-state index in [0.29, 0.717) is 5.56 Å². The fraction of sp³-hybridized carbons (Fsp3) is 0.278. The van der Waals surface area contributed by atoms with Gasteiger partial charge >= 0.3 is 0 Å². The van der Waals surface area contributed by atoms with Crippen molar-refractivity contribution in [2.24, 2.45) is 0 Å². The number of hydrogen-bond donors (Lipinski definition) is 2. The van der Waals surface area contributed by atoms with Gasteiger partial charge in [-0.2, -0.15) is 0 Å². The van der Waals surface area contributed by atoms with Crippen LogP contribution in [0.25, 0.3) is 16.8 Å². The van der Waals surface area contributed by atoms with Crippen LogP contribution < -0.4 is 11.0 Å². The van der Waals surface area contributed by atoms with E-state index in [4.69, 9.17) is 5.21 Å². The lowest BCUT2D eigenvalue weighted by atomic mass is 10.1. The Kier molecular flexibility index (Phi) is 5.80. The van der Waals surface area contributed by atoms with Gasteiger partial charge in [0.25, 0.3) is 11.5 Å². The largest absolute Gasteiger partial charge is 0.315 e. The van der Waals surface area contributed by atoms with E-state index < -0.39 is 20.5 Å². The van der Waals surface area contributed by atoms with Crippen molar-refractivity contribution >= 4 is 15.7 Å². The fourth-order valence-electron chi connectivity index (χ4n) is 2.88. The number of rotatable bonds is 7. The molecule has 0 bridgehead atoms. The van der Waals surface area contributed by atoms with Crippen molar-refractivity contribution in [1.82, 2.24) is 30.3 Å². The number of pyridine rings is 1. The molecule has 0 spiro atoms. The minimum Gasteiger partial charge on any atom is -0.315 e. The van der Waals surface area contributed by atoms with Crippen LogP contribution in [-0.2, 0) is 21.2 Å². The normalized spacial score (nSPS) is 13.6. The molecular formula is C18H20N6O5S. The average molecular weight is 432 g/mol. The summed E-state index contributed by atoms with van der Waals surface area (Å²) in [6, 6.07) is 10.4. The Bertz CT molecular complexity index is 1200. The van der Waals surface area contributed by atoms with E-state index in [0.717, 1.165) is 17.5 Å². The predicted octanol–water partition coefficient (Wildman–Crippen LogP) is 0.190. The molecule has 1 amide bonds. The molecule has 0 saturated carbocycles. The number of amides is 1. The van der Waals surface area contributed by atoms with Gasteiger partial charge in [0.15, 0.2) is 14.6 Å². The third-order valence-corrected chi connectivity index (χ3v) is 7.07. The van der Waals surface area contributed by atoms with Crippen LogP contribution in [-0.4, -0.2) is 55.3 Å². The third-order valence-electron chi connectivity index (χ3n) is 5.04. The minimum atomic E-state index is -3.84. The van der Waals surface area contributed by atoms with E-state index >= 15 is 0 Å². The molecule has 158 valence electrons. The predicted molar refractivity (Wildman–Crippen MR) is 107 cm³/mol. The lowest BCUT2D eigenvalue weighted by Gasteiger charge is -2.25. The highest BCUT2D eigenvalue weighted by Gasteiger charge is 2.43. The van der Waals surface area contributed by atoms with Gasteiger partial charge in [0.1, 0.15) is 6.33 Å². The summed E-state index contributed by atoms with van der Waals surface area (Å²) in [7, 11) is -3.84. The Balaban J connectivity index is 1.80. The van der Waals surface area contributed by atoms with Gasteiger partial charge in [-0.15, -0.1) is 5.10 Å². The number of carbonyl (C=O) groups is 1. The number of hydrogen-bond acceptors (Lipinski definition) is 8. The highest BCUT2D eigenvalue weighted by Crippen LogP contribution is 2.23. The molecule has 2 aromatic heterocycles. The Morgan fingerprint density at radius 3 is 2.43 bits per heavy atom. The molecule has 0 aliphatic rings. The van der Waals surface area contributed by atoms with Crippen LogP contribution in [0.4, 0.5) is 0 Å². The van der Waals surface area contributed by atoms with Crippen LogP contribution >= 0.6 is 0 Å². The average Bonchev–Trinajstić information content (AvgIpc) is 3.26. The van der Waals surface area contributed by atoms with Gasteiger partial charge in [0.05, 0.1) is 5.69 Å². The number of sulfone groups is 1. The molecule has 0 unspecified atom stereocenters. The second kappa shape index (κ2) is 8.16. The van der Waals surface area contributed by atoms with E-state index in [1.54, 1.807) is 6.07 Å². The summed E-state index contributed by atoms with van der Waals surface area (Å²) in [4.78, 5) is 24.4. The molecule has 3 aromatic rings. The Morgan fingerprint density at radius 1 is 1.20 bits per heavy atom. The maximum atomic E-state index is 12.5. The Labute approximate surface area is 171 Å². The highest BCUT2D eigenvalue weighted by atomic mass is 32.2. The number of benzene rings is 1. The van der Waals surface area contributed by atoms with Crippen molar-refractivity contribution in [2.75, 3.05) is 6.26 Å². The van der Waals surface area contributed by atoms with E-state index in [9.17, 15) is 18.0 Å². The van der Waals surface area contributed by atoms with E-state index in [1.165, 1.54) is 40.2 Å². The van der Waals surface area contributed by atoms with Crippen LogP contribution in [0.1, 0.15) is 13.3 Å². The Hall–Kier alpha value is -3.38. The molecule has 0 aliphatic heterocycles. The summed E-state index contributed by atoms with van der Waals surface area (Å²) < 4.78 is 25.0. The van der Waals surface area contributed by atoms with E-state index in [-0.39, 0.29) is 18.5 Å². The summed E-state index contributed by atoms with van der Waals surface area (Å²) in [5.41, 5.74) is 3.28. The molecule has 2 heterocycles. The van der Waals surface area contributed by atoms with Gasteiger partial charge in [-0.25, -0.2) is 18.6 Å². The summed E-state index contributed by atoms with van der Waals surface area (Å²) in [5.74, 6) is -1.04. The Morgan fingerprint density at radius 2 is 1.90 bits per heavy atom. The van der Waals surface area contributed by atoms with Crippen molar-refractivity contribution in [3.63, 3.8) is 0 Å². The summed E-state index contributed by atoms with van der Waals surface area (Å²) in [5, 5.41) is 19.8. The SMILES string of the molecule is C[C@@](CCn1ccc(-c2ccc(-n3cnnn3)cc2)cc1=O)(C(=O)NO)S(C)(=O)=O. The number of aryl methyl sites for hydroxylation is 1. The van der Waals surface area contributed by atoms with Gasteiger partial charge in [-0.05, 0) is 53.1 Å². The van der Waals surface area contributed by atoms with Crippen LogP contribution in [0.15, 0.2) is 53.7 Å². The zero-order valence-electron chi connectivity index (χ0n) is 16.3. The lowest BCUT2D eigenvalue weighted by Crippen LogP contribution is -2.49. The summed E-state index contributed by atoms with van der Waals surface area (Å²) in [6.45, 7) is 1.19. The fourth-order valence-corrected chi connectivity index (χ4v) is 3.72. The van der Waals surface area contributed by atoms with Gasteiger partial charge in [-0.1, -0.05) is 12.1 Å². The number of hydroxylamine groups is 1. The monoisotopic (exact) mass is 432 g/mol. The molecule has 0 radical (unpaired) electrons. The zero-order chi connectivity index (χ0) is 21.9. The number of nitrogens with one attached hydrogen (secondary N) is 1. The van der Waals surface area contributed by atoms with Crippen molar-refractivity contribution in [2.45, 2.75) is 24.6 Å². The molecule has 0 fully saturated rings. The number of nitrogens with zero attached hydrogens (tertiary/aromatic N) is 5. The van der Waals surface area contributed by atoms with Crippen LogP contribution in [0, 0.1) is 0 Å². The quantitative estimate of drug-likeness (QED) is 0.397. The van der Waals surface area contributed by atoms with Gasteiger partial charge in [0, 0.05) is 25.1 Å². The lowest BCUT2D eigenvalue weighted by molar-refractivity contribution is -0.131. The number of aromatic nitrogens is 5. The minimum absolute atomic E-state index is 0.0195. The van der Waals surface area contributed by atoms with Crippen LogP contribution in [0.3, 0.4) is 0 Å². The second-order valence-electron chi connectivity index (χ2n) is 6.94. The van der Waals surface area contributed by atoms with Gasteiger partial charge in [0.2, 0.25) is 0 Å². The standard InChI is InChI=1S/C18H20N6O5S/c1-18(17(26)20-27,30(2,28)29)8-10-23-9-7-14(11-16(23)25)13-3-5-15(6-4-13)24-12-19-21-22-24/h3-7,9,11-12,27H,8,10H2,1-2H3,(H,20,26)/t18-/m1/s1. The molecular weight excluding hydrogens is 412 g/mol. The molecule has 0 saturated heterocycles. The number of tetrazole rings is 1. The molecule has 11 nitrogen and oxygen atoms in total.